The van der Waals surface area contributed by atoms with E-state index in [4.69, 9.17) is 16.3 Å². The second-order valence-electron chi connectivity index (χ2n) is 8.47. The van der Waals surface area contributed by atoms with Crippen LogP contribution in [0.15, 0.2) is 30.5 Å². The number of rotatable bonds is 4. The van der Waals surface area contributed by atoms with Gasteiger partial charge in [0.25, 0.3) is 0 Å². The van der Waals surface area contributed by atoms with Crippen LogP contribution < -0.4 is 0 Å². The summed E-state index contributed by atoms with van der Waals surface area (Å²) in [5.41, 5.74) is 1.47. The molecule has 3 aliphatic rings. The number of ketones is 1. The first kappa shape index (κ1) is 19.9. The van der Waals surface area contributed by atoms with Crippen LogP contribution in [-0.4, -0.2) is 47.1 Å². The molecule has 2 aliphatic heterocycles. The molecule has 4 nitrogen and oxygen atoms in total. The molecule has 0 amide bonds. The van der Waals surface area contributed by atoms with Gasteiger partial charge in [-0.3, -0.25) is 9.69 Å². The number of allylic oxidation sites excluding steroid dienone is 1. The third-order valence-corrected chi connectivity index (χ3v) is 7.10. The van der Waals surface area contributed by atoms with Crippen LogP contribution >= 0.6 is 11.6 Å². The highest BCUT2D eigenvalue weighted by atomic mass is 35.5. The summed E-state index contributed by atoms with van der Waals surface area (Å²) in [6, 6.07) is 7.91. The maximum atomic E-state index is 13.2. The van der Waals surface area contributed by atoms with Gasteiger partial charge in [0.05, 0.1) is 23.9 Å². The zero-order valence-electron chi connectivity index (χ0n) is 16.5. The summed E-state index contributed by atoms with van der Waals surface area (Å²) in [5, 5.41) is 11.4. The minimum absolute atomic E-state index is 0.0159. The first-order valence-corrected chi connectivity index (χ1v) is 11.0. The van der Waals surface area contributed by atoms with Crippen LogP contribution in [0.4, 0.5) is 0 Å². The highest BCUT2D eigenvalue weighted by Crippen LogP contribution is 2.40. The lowest BCUT2D eigenvalue weighted by atomic mass is 9.71. The fourth-order valence-corrected chi connectivity index (χ4v) is 5.35. The van der Waals surface area contributed by atoms with Crippen molar-refractivity contribution in [1.82, 2.24) is 4.90 Å². The Kier molecular flexibility index (Phi) is 6.10. The third-order valence-electron chi connectivity index (χ3n) is 6.85. The number of aliphatic hydroxyl groups is 1. The van der Waals surface area contributed by atoms with Crippen molar-refractivity contribution in [3.05, 3.63) is 41.1 Å². The van der Waals surface area contributed by atoms with Gasteiger partial charge < -0.3 is 9.84 Å². The zero-order valence-corrected chi connectivity index (χ0v) is 17.3. The molecule has 2 fully saturated rings. The van der Waals surface area contributed by atoms with Crippen LogP contribution in [0.2, 0.25) is 5.02 Å². The molecule has 0 bridgehead atoms. The molecule has 1 aliphatic carbocycles. The van der Waals surface area contributed by atoms with Gasteiger partial charge in [-0.05, 0) is 56.3 Å². The van der Waals surface area contributed by atoms with Crippen molar-refractivity contribution < 1.29 is 14.6 Å². The molecule has 4 rings (SSSR count). The molecule has 5 atom stereocenters. The van der Waals surface area contributed by atoms with Gasteiger partial charge in [-0.2, -0.15) is 0 Å². The van der Waals surface area contributed by atoms with Gasteiger partial charge in [0, 0.05) is 23.5 Å². The number of halogens is 1. The van der Waals surface area contributed by atoms with Crippen LogP contribution in [0, 0.1) is 11.8 Å². The number of fused-ring (bicyclic) bond motifs is 1. The van der Waals surface area contributed by atoms with Crippen LogP contribution in [0.3, 0.4) is 0 Å². The second-order valence-corrected chi connectivity index (χ2v) is 8.91. The molecule has 0 spiro atoms. The van der Waals surface area contributed by atoms with E-state index in [1.165, 1.54) is 19.3 Å². The molecule has 5 unspecified atom stereocenters. The number of Topliss-reactive ketones (excluding diaryl/α,β-unsaturated/α-hetero) is 1. The number of hydrogen-bond donors (Lipinski definition) is 1. The molecule has 5 heteroatoms. The predicted octanol–water partition coefficient (Wildman–Crippen LogP) is 4.30. The van der Waals surface area contributed by atoms with Gasteiger partial charge in [-0.25, -0.2) is 0 Å². The quantitative estimate of drug-likeness (QED) is 0.814. The number of aliphatic hydroxyl groups excluding tert-OH is 1. The fourth-order valence-electron chi connectivity index (χ4n) is 5.23. The highest BCUT2D eigenvalue weighted by molar-refractivity contribution is 6.30. The lowest BCUT2D eigenvalue weighted by molar-refractivity contribution is -0.134. The Bertz CT molecular complexity index is 732. The number of piperidine rings is 1. The van der Waals surface area contributed by atoms with E-state index in [2.05, 4.69) is 11.8 Å². The van der Waals surface area contributed by atoms with Crippen molar-refractivity contribution in [3.8, 4) is 0 Å². The Balaban J connectivity index is 1.54. The topological polar surface area (TPSA) is 49.8 Å². The molecule has 1 aromatic carbocycles. The van der Waals surface area contributed by atoms with Crippen LogP contribution in [0.1, 0.15) is 51.0 Å². The summed E-state index contributed by atoms with van der Waals surface area (Å²) in [7, 11) is 0. The van der Waals surface area contributed by atoms with Gasteiger partial charge in [0.1, 0.15) is 6.10 Å². The van der Waals surface area contributed by atoms with Crippen molar-refractivity contribution in [2.45, 2.75) is 63.7 Å². The van der Waals surface area contributed by atoms with E-state index in [0.29, 0.717) is 29.5 Å². The molecule has 152 valence electrons. The summed E-state index contributed by atoms with van der Waals surface area (Å²) in [6.45, 7) is 4.14. The van der Waals surface area contributed by atoms with Crippen molar-refractivity contribution in [3.63, 3.8) is 0 Å². The number of ether oxygens (including phenoxy) is 1. The Labute approximate surface area is 172 Å². The average Bonchev–Trinajstić information content (AvgIpc) is 2.71. The minimum atomic E-state index is -0.404. The van der Waals surface area contributed by atoms with Crippen molar-refractivity contribution in [1.29, 1.82) is 0 Å². The van der Waals surface area contributed by atoms with Crippen LogP contribution in [0.5, 0.6) is 0 Å². The zero-order chi connectivity index (χ0) is 19.7. The number of hydrogen-bond acceptors (Lipinski definition) is 4. The molecule has 1 saturated carbocycles. The number of nitrogens with zero attached hydrogens (tertiary/aromatic N) is 1. The second kappa shape index (κ2) is 8.56. The Morgan fingerprint density at radius 2 is 1.96 bits per heavy atom. The summed E-state index contributed by atoms with van der Waals surface area (Å²) >= 11 is 5.98. The SMILES string of the molecule is CCC1CCCCN1CC1C(O)CCC2C(=O)C(c3ccc(Cl)cc3)=COC21. The van der Waals surface area contributed by atoms with E-state index in [-0.39, 0.29) is 23.7 Å². The molecule has 1 aromatic rings. The average molecular weight is 404 g/mol. The number of carbonyl (C=O) groups is 1. The third kappa shape index (κ3) is 3.87. The lowest BCUT2D eigenvalue weighted by Crippen LogP contribution is -2.54. The normalized spacial score (nSPS) is 33.8. The van der Waals surface area contributed by atoms with Gasteiger partial charge in [-0.15, -0.1) is 0 Å². The number of likely N-dealkylation sites (tertiary alicyclic amines) is 1. The summed E-state index contributed by atoms with van der Waals surface area (Å²) in [4.78, 5) is 15.8. The van der Waals surface area contributed by atoms with Gasteiger partial charge in [-0.1, -0.05) is 37.1 Å². The van der Waals surface area contributed by atoms with Gasteiger partial charge >= 0.3 is 0 Å². The summed E-state index contributed by atoms with van der Waals surface area (Å²) < 4.78 is 6.14. The minimum Gasteiger partial charge on any atom is -0.496 e. The summed E-state index contributed by atoms with van der Waals surface area (Å²) in [5.74, 6) is -0.0482. The largest absolute Gasteiger partial charge is 0.496 e. The molecular formula is C23H30ClNO3. The molecular weight excluding hydrogens is 374 g/mol. The van der Waals surface area contributed by atoms with Crippen molar-refractivity contribution in [2.24, 2.45) is 11.8 Å². The van der Waals surface area contributed by atoms with Gasteiger partial charge in [0.15, 0.2) is 5.78 Å². The van der Waals surface area contributed by atoms with E-state index in [9.17, 15) is 9.90 Å². The Hall–Kier alpha value is -1.36. The first-order valence-electron chi connectivity index (χ1n) is 10.7. The molecule has 2 heterocycles. The van der Waals surface area contributed by atoms with Gasteiger partial charge in [0.2, 0.25) is 0 Å². The Morgan fingerprint density at radius 1 is 1.18 bits per heavy atom. The van der Waals surface area contributed by atoms with E-state index >= 15 is 0 Å². The van der Waals surface area contributed by atoms with E-state index in [1.807, 2.05) is 12.1 Å². The van der Waals surface area contributed by atoms with Crippen molar-refractivity contribution in [2.75, 3.05) is 13.1 Å². The molecule has 1 saturated heterocycles. The lowest BCUT2D eigenvalue weighted by Gasteiger charge is -2.46. The van der Waals surface area contributed by atoms with E-state index in [0.717, 1.165) is 25.1 Å². The highest BCUT2D eigenvalue weighted by Gasteiger charge is 2.47. The van der Waals surface area contributed by atoms with Crippen LogP contribution in [0.25, 0.3) is 5.57 Å². The summed E-state index contributed by atoms with van der Waals surface area (Å²) in [6.07, 6.45) is 7.20. The fraction of sp³-hybridized carbons (Fsp3) is 0.609. The monoisotopic (exact) mass is 403 g/mol. The van der Waals surface area contributed by atoms with Crippen LogP contribution in [-0.2, 0) is 9.53 Å². The Morgan fingerprint density at radius 3 is 2.71 bits per heavy atom. The number of carbonyl (C=O) groups excluding carboxylic acids is 1. The molecule has 28 heavy (non-hydrogen) atoms. The first-order chi connectivity index (χ1) is 13.6. The smallest absolute Gasteiger partial charge is 0.173 e. The van der Waals surface area contributed by atoms with E-state index < -0.39 is 6.10 Å². The maximum Gasteiger partial charge on any atom is 0.173 e. The predicted molar refractivity (Wildman–Crippen MR) is 111 cm³/mol. The molecule has 1 N–H and O–H groups in total. The van der Waals surface area contributed by atoms with Crippen molar-refractivity contribution >= 4 is 23.0 Å². The standard InChI is InChI=1S/C23H30ClNO3/c1-2-17-5-3-4-12-25(17)13-19-21(26)11-10-18-22(27)20(14-28-23(18)19)15-6-8-16(24)9-7-15/h6-9,14,17-19,21,23,26H,2-5,10-13H2,1H3. The molecule has 0 radical (unpaired) electrons. The number of benzene rings is 1. The molecule has 0 aromatic heterocycles. The maximum absolute atomic E-state index is 13.2. The van der Waals surface area contributed by atoms with E-state index in [1.54, 1.807) is 18.4 Å².